The molecule has 0 saturated heterocycles. The van der Waals surface area contributed by atoms with Crippen molar-refractivity contribution in [3.8, 4) is 0 Å². The maximum absolute atomic E-state index is 11.3. The molecule has 0 aromatic carbocycles. The largest absolute Gasteiger partial charge is 0.347 e. The number of unbranched alkanes of at least 4 members (excludes halogenated alkanes) is 8. The molecule has 0 saturated carbocycles. The smallest absolute Gasteiger partial charge is 0.220 e. The van der Waals surface area contributed by atoms with Crippen molar-refractivity contribution in [2.45, 2.75) is 84.1 Å². The Morgan fingerprint density at radius 1 is 1.00 bits per heavy atom. The van der Waals surface area contributed by atoms with Crippen molar-refractivity contribution in [2.75, 3.05) is 0 Å². The fourth-order valence-electron chi connectivity index (χ4n) is 1.96. The summed E-state index contributed by atoms with van der Waals surface area (Å²) in [6, 6.07) is -0.351. The normalized spacial score (nSPS) is 12.1. The number of carbonyl (C=O) groups excluding carboxylic acids is 2. The fraction of sp³-hybridized carbons (Fsp3) is 0.867. The monoisotopic (exact) mass is 255 g/mol. The SMILES string of the molecule is CCCCCCCCCCCC(=O)NC(C)C=O. The van der Waals surface area contributed by atoms with Crippen molar-refractivity contribution in [3.63, 3.8) is 0 Å². The highest BCUT2D eigenvalue weighted by atomic mass is 16.2. The van der Waals surface area contributed by atoms with Gasteiger partial charge in [-0.25, -0.2) is 0 Å². The Morgan fingerprint density at radius 3 is 2.00 bits per heavy atom. The molecule has 18 heavy (non-hydrogen) atoms. The second kappa shape index (κ2) is 12.6. The minimum absolute atomic E-state index is 0.00227. The lowest BCUT2D eigenvalue weighted by Crippen LogP contribution is -2.33. The third kappa shape index (κ3) is 11.6. The van der Waals surface area contributed by atoms with E-state index in [0.717, 1.165) is 19.1 Å². The number of nitrogens with one attached hydrogen (secondary N) is 1. The molecule has 0 heterocycles. The van der Waals surface area contributed by atoms with Gasteiger partial charge in [0.2, 0.25) is 5.91 Å². The molecule has 1 N–H and O–H groups in total. The van der Waals surface area contributed by atoms with Gasteiger partial charge in [-0.15, -0.1) is 0 Å². The van der Waals surface area contributed by atoms with Crippen molar-refractivity contribution in [1.29, 1.82) is 0 Å². The van der Waals surface area contributed by atoms with Crippen molar-refractivity contribution in [1.82, 2.24) is 5.32 Å². The number of amides is 1. The van der Waals surface area contributed by atoms with E-state index < -0.39 is 0 Å². The number of carbonyl (C=O) groups is 2. The fourth-order valence-corrected chi connectivity index (χ4v) is 1.96. The first-order valence-corrected chi connectivity index (χ1v) is 7.45. The molecule has 3 heteroatoms. The minimum Gasteiger partial charge on any atom is -0.347 e. The van der Waals surface area contributed by atoms with Crippen LogP contribution in [-0.4, -0.2) is 18.2 Å². The summed E-state index contributed by atoms with van der Waals surface area (Å²) >= 11 is 0. The molecular formula is C15H29NO2. The minimum atomic E-state index is -0.351. The zero-order chi connectivity index (χ0) is 13.6. The molecule has 0 aromatic heterocycles. The molecule has 1 amide bonds. The van der Waals surface area contributed by atoms with E-state index in [-0.39, 0.29) is 11.9 Å². The molecule has 1 unspecified atom stereocenters. The molecule has 0 aliphatic rings. The van der Waals surface area contributed by atoms with Gasteiger partial charge in [-0.05, 0) is 13.3 Å². The average Bonchev–Trinajstić information content (AvgIpc) is 2.36. The first-order chi connectivity index (χ1) is 8.70. The van der Waals surface area contributed by atoms with Crippen LogP contribution in [0.25, 0.3) is 0 Å². The summed E-state index contributed by atoms with van der Waals surface area (Å²) in [4.78, 5) is 21.7. The van der Waals surface area contributed by atoms with Crippen LogP contribution in [0.3, 0.4) is 0 Å². The summed E-state index contributed by atoms with van der Waals surface area (Å²) in [6.45, 7) is 3.93. The second-order valence-corrected chi connectivity index (χ2v) is 5.07. The molecule has 1 atom stereocenters. The second-order valence-electron chi connectivity index (χ2n) is 5.07. The zero-order valence-electron chi connectivity index (χ0n) is 12.0. The van der Waals surface area contributed by atoms with Gasteiger partial charge < -0.3 is 10.1 Å². The number of aldehydes is 1. The topological polar surface area (TPSA) is 46.2 Å². The van der Waals surface area contributed by atoms with Gasteiger partial charge >= 0.3 is 0 Å². The van der Waals surface area contributed by atoms with E-state index in [1.54, 1.807) is 6.92 Å². The van der Waals surface area contributed by atoms with E-state index >= 15 is 0 Å². The molecule has 0 radical (unpaired) electrons. The number of hydrogen-bond acceptors (Lipinski definition) is 2. The third-order valence-corrected chi connectivity index (χ3v) is 3.10. The quantitative estimate of drug-likeness (QED) is 0.428. The standard InChI is InChI=1S/C15H29NO2/c1-3-4-5-6-7-8-9-10-11-12-15(18)16-14(2)13-17/h13-14H,3-12H2,1-2H3,(H,16,18). The predicted molar refractivity (Wildman–Crippen MR) is 75.5 cm³/mol. The van der Waals surface area contributed by atoms with E-state index in [0.29, 0.717) is 6.42 Å². The highest BCUT2D eigenvalue weighted by Crippen LogP contribution is 2.10. The van der Waals surface area contributed by atoms with E-state index in [1.807, 2.05) is 0 Å². The van der Waals surface area contributed by atoms with Crippen molar-refractivity contribution >= 4 is 12.2 Å². The molecule has 0 fully saturated rings. The molecule has 0 aromatic rings. The van der Waals surface area contributed by atoms with Gasteiger partial charge in [0.25, 0.3) is 0 Å². The number of rotatable bonds is 12. The van der Waals surface area contributed by atoms with Crippen molar-refractivity contribution < 1.29 is 9.59 Å². The van der Waals surface area contributed by atoms with Gasteiger partial charge in [-0.2, -0.15) is 0 Å². The lowest BCUT2D eigenvalue weighted by Gasteiger charge is -2.07. The Morgan fingerprint density at radius 2 is 1.50 bits per heavy atom. The summed E-state index contributed by atoms with van der Waals surface area (Å²) in [5, 5.41) is 2.65. The van der Waals surface area contributed by atoms with Crippen LogP contribution in [0.4, 0.5) is 0 Å². The number of hydrogen-bond donors (Lipinski definition) is 1. The van der Waals surface area contributed by atoms with Gasteiger partial charge in [0.1, 0.15) is 6.29 Å². The van der Waals surface area contributed by atoms with E-state index in [4.69, 9.17) is 0 Å². The summed E-state index contributed by atoms with van der Waals surface area (Å²) < 4.78 is 0. The lowest BCUT2D eigenvalue weighted by molar-refractivity contribution is -0.123. The Kier molecular flexibility index (Phi) is 12.0. The third-order valence-electron chi connectivity index (χ3n) is 3.10. The maximum atomic E-state index is 11.3. The molecule has 0 bridgehead atoms. The van der Waals surface area contributed by atoms with Crippen molar-refractivity contribution in [2.24, 2.45) is 0 Å². The van der Waals surface area contributed by atoms with Crippen LogP contribution >= 0.6 is 0 Å². The summed E-state index contributed by atoms with van der Waals surface area (Å²) in [6.07, 6.45) is 12.6. The Hall–Kier alpha value is -0.860. The molecule has 0 aliphatic heterocycles. The van der Waals surface area contributed by atoms with Crippen LogP contribution < -0.4 is 5.32 Å². The van der Waals surface area contributed by atoms with Gasteiger partial charge in [0, 0.05) is 6.42 Å². The molecule has 3 nitrogen and oxygen atoms in total. The summed E-state index contributed by atoms with van der Waals surface area (Å²) in [5.74, 6) is -0.00227. The van der Waals surface area contributed by atoms with Gasteiger partial charge in [-0.3, -0.25) is 4.79 Å². The Labute approximate surface area is 112 Å². The van der Waals surface area contributed by atoms with Crippen LogP contribution in [0.1, 0.15) is 78.1 Å². The van der Waals surface area contributed by atoms with Crippen LogP contribution in [0, 0.1) is 0 Å². The average molecular weight is 255 g/mol. The van der Waals surface area contributed by atoms with Crippen LogP contribution in [0.5, 0.6) is 0 Å². The molecule has 0 spiro atoms. The Bertz CT molecular complexity index is 217. The lowest BCUT2D eigenvalue weighted by atomic mass is 10.1. The molecule has 0 aliphatic carbocycles. The van der Waals surface area contributed by atoms with Crippen LogP contribution in [-0.2, 0) is 9.59 Å². The molecule has 0 rings (SSSR count). The highest BCUT2D eigenvalue weighted by molar-refractivity contribution is 5.79. The Balaban J connectivity index is 3.20. The maximum Gasteiger partial charge on any atom is 0.220 e. The van der Waals surface area contributed by atoms with E-state index in [9.17, 15) is 9.59 Å². The van der Waals surface area contributed by atoms with Crippen LogP contribution in [0.15, 0.2) is 0 Å². The van der Waals surface area contributed by atoms with E-state index in [1.165, 1.54) is 44.9 Å². The molecular weight excluding hydrogens is 226 g/mol. The van der Waals surface area contributed by atoms with Gasteiger partial charge in [0.15, 0.2) is 0 Å². The van der Waals surface area contributed by atoms with Crippen LogP contribution in [0.2, 0.25) is 0 Å². The molecule has 106 valence electrons. The highest BCUT2D eigenvalue weighted by Gasteiger charge is 2.04. The summed E-state index contributed by atoms with van der Waals surface area (Å²) in [7, 11) is 0. The first-order valence-electron chi connectivity index (χ1n) is 7.45. The van der Waals surface area contributed by atoms with Crippen molar-refractivity contribution in [3.05, 3.63) is 0 Å². The zero-order valence-corrected chi connectivity index (χ0v) is 12.0. The van der Waals surface area contributed by atoms with Gasteiger partial charge in [0.05, 0.1) is 6.04 Å². The first kappa shape index (κ1) is 17.1. The van der Waals surface area contributed by atoms with E-state index in [2.05, 4.69) is 12.2 Å². The van der Waals surface area contributed by atoms with Gasteiger partial charge in [-0.1, -0.05) is 58.3 Å². The predicted octanol–water partition coefficient (Wildman–Crippen LogP) is 3.61. The summed E-state index contributed by atoms with van der Waals surface area (Å²) in [5.41, 5.74) is 0.